The normalized spacial score (nSPS) is 27.0. The zero-order valence-corrected chi connectivity index (χ0v) is 9.14. The number of hydrogen-bond donors (Lipinski definition) is 2. The maximum atomic E-state index is 9.46. The van der Waals surface area contributed by atoms with Crippen molar-refractivity contribution in [2.24, 2.45) is 0 Å². The number of aliphatic hydroxyl groups is 1. The lowest BCUT2D eigenvalue weighted by molar-refractivity contribution is 0.122. The monoisotopic (exact) mass is 233 g/mol. The maximum Gasteiger partial charge on any atom is 0.0948 e. The van der Waals surface area contributed by atoms with Crippen LogP contribution in [0.5, 0.6) is 0 Å². The van der Waals surface area contributed by atoms with Gasteiger partial charge in [0.2, 0.25) is 0 Å². The fourth-order valence-electron chi connectivity index (χ4n) is 1.42. The molecule has 0 saturated carbocycles. The van der Waals surface area contributed by atoms with Gasteiger partial charge in [0, 0.05) is 11.4 Å². The van der Waals surface area contributed by atoms with Crippen LogP contribution in [0.1, 0.15) is 4.88 Å². The lowest BCUT2D eigenvalue weighted by Gasteiger charge is -2.13. The van der Waals surface area contributed by atoms with Crippen LogP contribution in [0.25, 0.3) is 0 Å². The van der Waals surface area contributed by atoms with Crippen LogP contribution < -0.4 is 5.32 Å². The predicted molar refractivity (Wildman–Crippen MR) is 56.8 cm³/mol. The fourth-order valence-corrected chi connectivity index (χ4v) is 2.45. The first-order valence-electron chi connectivity index (χ1n) is 4.49. The molecule has 1 aromatic rings. The molecule has 0 aliphatic carbocycles. The second-order valence-electron chi connectivity index (χ2n) is 3.30. The Bertz CT molecular complexity index is 305. The average Bonchev–Trinajstić information content (AvgIpc) is 2.72. The van der Waals surface area contributed by atoms with Crippen LogP contribution in [0, 0.1) is 0 Å². The number of rotatable bonds is 3. The molecule has 2 unspecified atom stereocenters. The summed E-state index contributed by atoms with van der Waals surface area (Å²) in [5, 5.41) is 12.7. The molecule has 0 radical (unpaired) electrons. The third-order valence-corrected chi connectivity index (χ3v) is 3.45. The smallest absolute Gasteiger partial charge is 0.0948 e. The van der Waals surface area contributed by atoms with E-state index in [4.69, 9.17) is 16.3 Å². The first-order chi connectivity index (χ1) is 6.75. The molecule has 1 aliphatic rings. The molecule has 0 amide bonds. The Labute approximate surface area is 91.7 Å². The molecule has 5 heteroatoms. The average molecular weight is 234 g/mol. The minimum absolute atomic E-state index is 0.0517. The zero-order valence-electron chi connectivity index (χ0n) is 7.57. The first-order valence-corrected chi connectivity index (χ1v) is 5.68. The number of thiophene rings is 1. The van der Waals surface area contributed by atoms with E-state index in [2.05, 4.69) is 5.32 Å². The molecular weight excluding hydrogens is 222 g/mol. The van der Waals surface area contributed by atoms with Gasteiger partial charge in [-0.25, -0.2) is 0 Å². The van der Waals surface area contributed by atoms with Gasteiger partial charge in [0.1, 0.15) is 0 Å². The van der Waals surface area contributed by atoms with E-state index in [1.165, 1.54) is 4.88 Å². The van der Waals surface area contributed by atoms with Crippen LogP contribution in [-0.4, -0.2) is 30.5 Å². The van der Waals surface area contributed by atoms with E-state index in [-0.39, 0.29) is 12.1 Å². The molecular formula is C9H12ClNO2S. The Hall–Kier alpha value is -0.130. The maximum absolute atomic E-state index is 9.46. The summed E-state index contributed by atoms with van der Waals surface area (Å²) in [6, 6.07) is 3.92. The molecule has 0 bridgehead atoms. The van der Waals surface area contributed by atoms with Crippen molar-refractivity contribution in [2.45, 2.75) is 18.7 Å². The fraction of sp³-hybridized carbons (Fsp3) is 0.556. The van der Waals surface area contributed by atoms with Crippen molar-refractivity contribution in [3.05, 3.63) is 21.3 Å². The lowest BCUT2D eigenvalue weighted by Crippen LogP contribution is -2.38. The second-order valence-corrected chi connectivity index (χ2v) is 5.10. The summed E-state index contributed by atoms with van der Waals surface area (Å²) in [5.74, 6) is 0. The van der Waals surface area contributed by atoms with E-state index in [1.54, 1.807) is 11.3 Å². The molecule has 0 aromatic carbocycles. The lowest BCUT2D eigenvalue weighted by atomic mass is 10.2. The third-order valence-electron chi connectivity index (χ3n) is 2.22. The van der Waals surface area contributed by atoms with Crippen LogP contribution in [0.3, 0.4) is 0 Å². The Morgan fingerprint density at radius 2 is 2.43 bits per heavy atom. The van der Waals surface area contributed by atoms with Crippen molar-refractivity contribution in [1.29, 1.82) is 0 Å². The number of aliphatic hydroxyl groups excluding tert-OH is 1. The SMILES string of the molecule is OC1COCC1NCc1ccc(Cl)s1. The molecule has 14 heavy (non-hydrogen) atoms. The molecule has 3 nitrogen and oxygen atoms in total. The number of halogens is 1. The van der Waals surface area contributed by atoms with E-state index >= 15 is 0 Å². The number of nitrogens with one attached hydrogen (secondary N) is 1. The van der Waals surface area contributed by atoms with Crippen LogP contribution >= 0.6 is 22.9 Å². The summed E-state index contributed by atoms with van der Waals surface area (Å²) < 4.78 is 5.92. The van der Waals surface area contributed by atoms with Crippen molar-refractivity contribution in [3.63, 3.8) is 0 Å². The molecule has 1 aliphatic heterocycles. The minimum atomic E-state index is -0.384. The van der Waals surface area contributed by atoms with Crippen molar-refractivity contribution >= 4 is 22.9 Å². The van der Waals surface area contributed by atoms with Gasteiger partial charge in [0.25, 0.3) is 0 Å². The van der Waals surface area contributed by atoms with Crippen molar-refractivity contribution in [1.82, 2.24) is 5.32 Å². The Morgan fingerprint density at radius 1 is 1.57 bits per heavy atom. The van der Waals surface area contributed by atoms with Gasteiger partial charge in [-0.3, -0.25) is 0 Å². The summed E-state index contributed by atoms with van der Waals surface area (Å²) in [7, 11) is 0. The summed E-state index contributed by atoms with van der Waals surface area (Å²) in [5.41, 5.74) is 0. The summed E-state index contributed by atoms with van der Waals surface area (Å²) in [6.07, 6.45) is -0.384. The van der Waals surface area contributed by atoms with Gasteiger partial charge in [0.05, 0.1) is 29.7 Å². The molecule has 2 rings (SSSR count). The molecule has 1 saturated heterocycles. The van der Waals surface area contributed by atoms with Gasteiger partial charge < -0.3 is 15.2 Å². The molecule has 1 aromatic heterocycles. The second kappa shape index (κ2) is 4.59. The third kappa shape index (κ3) is 2.46. The summed E-state index contributed by atoms with van der Waals surface area (Å²) in [6.45, 7) is 1.76. The van der Waals surface area contributed by atoms with Gasteiger partial charge in [-0.1, -0.05) is 11.6 Å². The van der Waals surface area contributed by atoms with Crippen LogP contribution in [-0.2, 0) is 11.3 Å². The van der Waals surface area contributed by atoms with E-state index in [0.717, 1.165) is 10.9 Å². The van der Waals surface area contributed by atoms with Gasteiger partial charge >= 0.3 is 0 Å². The van der Waals surface area contributed by atoms with Crippen molar-refractivity contribution in [2.75, 3.05) is 13.2 Å². The number of hydrogen-bond acceptors (Lipinski definition) is 4. The largest absolute Gasteiger partial charge is 0.389 e. The molecule has 78 valence electrons. The van der Waals surface area contributed by atoms with E-state index in [0.29, 0.717) is 13.2 Å². The standard InChI is InChI=1S/C9H12ClNO2S/c10-9-2-1-6(14-9)3-11-7-4-13-5-8(7)12/h1-2,7-8,11-12H,3-5H2. The zero-order chi connectivity index (χ0) is 9.97. The first kappa shape index (κ1) is 10.4. The van der Waals surface area contributed by atoms with Crippen LogP contribution in [0.4, 0.5) is 0 Å². The minimum Gasteiger partial charge on any atom is -0.389 e. The molecule has 1 fully saturated rings. The molecule has 2 heterocycles. The molecule has 2 atom stereocenters. The molecule has 0 spiro atoms. The van der Waals surface area contributed by atoms with Gasteiger partial charge in [-0.15, -0.1) is 11.3 Å². The highest BCUT2D eigenvalue weighted by Gasteiger charge is 2.25. The van der Waals surface area contributed by atoms with Gasteiger partial charge in [0.15, 0.2) is 0 Å². The number of ether oxygens (including phenoxy) is 1. The Kier molecular flexibility index (Phi) is 3.41. The summed E-state index contributed by atoms with van der Waals surface area (Å²) >= 11 is 7.35. The highest BCUT2D eigenvalue weighted by molar-refractivity contribution is 7.16. The van der Waals surface area contributed by atoms with Gasteiger partial charge in [-0.05, 0) is 12.1 Å². The Morgan fingerprint density at radius 3 is 3.00 bits per heavy atom. The van der Waals surface area contributed by atoms with Gasteiger partial charge in [-0.2, -0.15) is 0 Å². The van der Waals surface area contributed by atoms with E-state index < -0.39 is 0 Å². The van der Waals surface area contributed by atoms with E-state index in [9.17, 15) is 5.11 Å². The summed E-state index contributed by atoms with van der Waals surface area (Å²) in [4.78, 5) is 1.18. The highest BCUT2D eigenvalue weighted by Crippen LogP contribution is 2.21. The van der Waals surface area contributed by atoms with E-state index in [1.807, 2.05) is 12.1 Å². The predicted octanol–water partition coefficient (Wildman–Crippen LogP) is 1.25. The van der Waals surface area contributed by atoms with Crippen molar-refractivity contribution in [3.8, 4) is 0 Å². The topological polar surface area (TPSA) is 41.5 Å². The van der Waals surface area contributed by atoms with Crippen LogP contribution in [0.2, 0.25) is 4.34 Å². The van der Waals surface area contributed by atoms with Crippen molar-refractivity contribution < 1.29 is 9.84 Å². The van der Waals surface area contributed by atoms with Crippen LogP contribution in [0.15, 0.2) is 12.1 Å². The molecule has 2 N–H and O–H groups in total. The highest BCUT2D eigenvalue weighted by atomic mass is 35.5. The Balaban J connectivity index is 1.82. The quantitative estimate of drug-likeness (QED) is 0.826.